The zero-order chi connectivity index (χ0) is 19.4. The van der Waals surface area contributed by atoms with Gasteiger partial charge in [0.1, 0.15) is 11.6 Å². The van der Waals surface area contributed by atoms with Gasteiger partial charge in [0.05, 0.1) is 17.2 Å². The van der Waals surface area contributed by atoms with Crippen LogP contribution in [0.1, 0.15) is 28.7 Å². The second-order valence-electron chi connectivity index (χ2n) is 5.72. The maximum Gasteiger partial charge on any atom is 0.387 e. The van der Waals surface area contributed by atoms with E-state index in [-0.39, 0.29) is 5.75 Å². The van der Waals surface area contributed by atoms with Crippen molar-refractivity contribution in [2.45, 2.75) is 27.0 Å². The Morgan fingerprint density at radius 1 is 1.33 bits per heavy atom. The minimum absolute atomic E-state index is 0.0208. The molecule has 1 N–H and O–H groups in total. The summed E-state index contributed by atoms with van der Waals surface area (Å²) in [7, 11) is 0. The molecular weight excluding hydrogens is 354 g/mol. The minimum Gasteiger partial charge on any atom is -0.434 e. The lowest BCUT2D eigenvalue weighted by atomic mass is 10.2. The summed E-state index contributed by atoms with van der Waals surface area (Å²) < 4.78 is 31.3. The van der Waals surface area contributed by atoms with Gasteiger partial charge in [0, 0.05) is 17.7 Å². The molecule has 0 saturated carbocycles. The first kappa shape index (κ1) is 18.5. The number of nitrogens with zero attached hydrogens (tertiary/aromatic N) is 3. The van der Waals surface area contributed by atoms with Crippen LogP contribution >= 0.6 is 0 Å². The van der Waals surface area contributed by atoms with E-state index in [1.54, 1.807) is 30.3 Å². The summed E-state index contributed by atoms with van der Waals surface area (Å²) in [6.07, 6.45) is 1.25. The second kappa shape index (κ2) is 7.94. The molecule has 27 heavy (non-hydrogen) atoms. The molecule has 0 aliphatic heterocycles. The highest BCUT2D eigenvalue weighted by atomic mass is 19.3. The Kier molecular flexibility index (Phi) is 5.44. The Morgan fingerprint density at radius 3 is 2.85 bits per heavy atom. The van der Waals surface area contributed by atoms with Crippen LogP contribution in [-0.2, 0) is 6.54 Å². The number of rotatable bonds is 6. The van der Waals surface area contributed by atoms with Gasteiger partial charge in [0.25, 0.3) is 5.91 Å². The number of hydrogen-bond acceptors (Lipinski definition) is 4. The summed E-state index contributed by atoms with van der Waals surface area (Å²) in [4.78, 5) is 16.7. The largest absolute Gasteiger partial charge is 0.434 e. The highest BCUT2D eigenvalue weighted by Gasteiger charge is 2.11. The van der Waals surface area contributed by atoms with Crippen molar-refractivity contribution in [3.8, 4) is 5.75 Å². The van der Waals surface area contributed by atoms with E-state index >= 15 is 0 Å². The number of carbonyl (C=O) groups is 1. The van der Waals surface area contributed by atoms with Crippen LogP contribution in [0.3, 0.4) is 0 Å². The fourth-order valence-electron chi connectivity index (χ4n) is 2.81. The standard InChI is InChI=1S/C19H18F2N4O2/c1-3-25-12(2)23-15-10-13(8-9-16(15)25)18(26)24-22-11-14-6-4-5-7-17(14)27-19(20)21/h4-11,19H,3H2,1-2H3,(H,24,26)/b22-11+. The second-order valence-corrected chi connectivity index (χ2v) is 5.72. The molecule has 0 aliphatic carbocycles. The fourth-order valence-corrected chi connectivity index (χ4v) is 2.81. The first-order valence-corrected chi connectivity index (χ1v) is 8.33. The Morgan fingerprint density at radius 2 is 2.11 bits per heavy atom. The van der Waals surface area contributed by atoms with Crippen molar-refractivity contribution < 1.29 is 18.3 Å². The Hall–Kier alpha value is -3.29. The third-order valence-electron chi connectivity index (χ3n) is 4.02. The summed E-state index contributed by atoms with van der Waals surface area (Å²) in [5.41, 5.74) is 4.78. The van der Waals surface area contributed by atoms with Gasteiger partial charge in [-0.25, -0.2) is 10.4 Å². The van der Waals surface area contributed by atoms with E-state index in [0.29, 0.717) is 11.1 Å². The molecule has 0 bridgehead atoms. The summed E-state index contributed by atoms with van der Waals surface area (Å²) in [5, 5.41) is 3.83. The molecule has 8 heteroatoms. The maximum absolute atomic E-state index is 12.4. The molecule has 2 aromatic carbocycles. The van der Waals surface area contributed by atoms with Crippen molar-refractivity contribution in [1.29, 1.82) is 0 Å². The molecule has 3 aromatic rings. The number of hydrazone groups is 1. The Balaban J connectivity index is 1.75. The lowest BCUT2D eigenvalue weighted by molar-refractivity contribution is -0.0499. The van der Waals surface area contributed by atoms with Crippen LogP contribution in [-0.4, -0.2) is 28.3 Å². The average molecular weight is 372 g/mol. The average Bonchev–Trinajstić information content (AvgIpc) is 2.96. The molecule has 3 rings (SSSR count). The molecule has 0 fully saturated rings. The zero-order valence-electron chi connectivity index (χ0n) is 14.8. The molecule has 1 amide bonds. The van der Waals surface area contributed by atoms with Gasteiger partial charge in [-0.2, -0.15) is 13.9 Å². The fraction of sp³-hybridized carbons (Fsp3) is 0.211. The number of aromatic nitrogens is 2. The number of amides is 1. The number of fused-ring (bicyclic) bond motifs is 1. The first-order chi connectivity index (χ1) is 13.0. The number of para-hydroxylation sites is 1. The van der Waals surface area contributed by atoms with Crippen LogP contribution in [0.25, 0.3) is 11.0 Å². The third-order valence-corrected chi connectivity index (χ3v) is 4.02. The maximum atomic E-state index is 12.4. The molecule has 140 valence electrons. The molecule has 1 heterocycles. The number of benzene rings is 2. The molecule has 0 spiro atoms. The predicted octanol–water partition coefficient (Wildman–Crippen LogP) is 3.73. The quantitative estimate of drug-likeness (QED) is 0.530. The molecule has 1 aromatic heterocycles. The number of nitrogens with one attached hydrogen (secondary N) is 1. The molecule has 0 unspecified atom stereocenters. The van der Waals surface area contributed by atoms with E-state index < -0.39 is 12.5 Å². The van der Waals surface area contributed by atoms with Crippen molar-refractivity contribution in [2.75, 3.05) is 0 Å². The van der Waals surface area contributed by atoms with Gasteiger partial charge >= 0.3 is 6.61 Å². The van der Waals surface area contributed by atoms with Gasteiger partial charge in [-0.05, 0) is 44.2 Å². The molecule has 6 nitrogen and oxygen atoms in total. The van der Waals surface area contributed by atoms with E-state index in [4.69, 9.17) is 0 Å². The van der Waals surface area contributed by atoms with E-state index in [9.17, 15) is 13.6 Å². The summed E-state index contributed by atoms with van der Waals surface area (Å²) in [5.74, 6) is 0.426. The van der Waals surface area contributed by atoms with Crippen LogP contribution in [0.15, 0.2) is 47.6 Å². The highest BCUT2D eigenvalue weighted by Crippen LogP contribution is 2.19. The molecule has 0 radical (unpaired) electrons. The smallest absolute Gasteiger partial charge is 0.387 e. The van der Waals surface area contributed by atoms with Crippen molar-refractivity contribution in [3.63, 3.8) is 0 Å². The SMILES string of the molecule is CCn1c(C)nc2cc(C(=O)N/N=C/c3ccccc3OC(F)F)ccc21. The number of ether oxygens (including phenoxy) is 1. The Labute approximate surface area is 154 Å². The summed E-state index contributed by atoms with van der Waals surface area (Å²) in [6, 6.07) is 11.4. The zero-order valence-corrected chi connectivity index (χ0v) is 14.8. The number of halogens is 2. The summed E-state index contributed by atoms with van der Waals surface area (Å²) >= 11 is 0. The normalized spacial score (nSPS) is 11.4. The number of carbonyl (C=O) groups excluding carboxylic acids is 1. The Bertz CT molecular complexity index is 999. The van der Waals surface area contributed by atoms with E-state index in [1.165, 1.54) is 12.3 Å². The molecule has 0 aliphatic rings. The van der Waals surface area contributed by atoms with Gasteiger partial charge in [0.2, 0.25) is 0 Å². The highest BCUT2D eigenvalue weighted by molar-refractivity contribution is 5.98. The van der Waals surface area contributed by atoms with E-state index in [1.807, 2.05) is 19.9 Å². The van der Waals surface area contributed by atoms with Gasteiger partial charge in [-0.1, -0.05) is 12.1 Å². The van der Waals surface area contributed by atoms with Gasteiger partial charge in [0.15, 0.2) is 0 Å². The molecular formula is C19H18F2N4O2. The van der Waals surface area contributed by atoms with E-state index in [2.05, 4.69) is 24.8 Å². The number of hydrogen-bond donors (Lipinski definition) is 1. The van der Waals surface area contributed by atoms with Gasteiger partial charge in [-0.3, -0.25) is 4.79 Å². The van der Waals surface area contributed by atoms with Crippen LogP contribution in [0.4, 0.5) is 8.78 Å². The van der Waals surface area contributed by atoms with Crippen molar-refractivity contribution in [2.24, 2.45) is 5.10 Å². The van der Waals surface area contributed by atoms with Crippen LogP contribution in [0.2, 0.25) is 0 Å². The number of aryl methyl sites for hydroxylation is 2. The van der Waals surface area contributed by atoms with Crippen LogP contribution in [0, 0.1) is 6.92 Å². The first-order valence-electron chi connectivity index (χ1n) is 8.33. The van der Waals surface area contributed by atoms with Crippen LogP contribution in [0.5, 0.6) is 5.75 Å². The topological polar surface area (TPSA) is 68.5 Å². The minimum atomic E-state index is -2.94. The monoisotopic (exact) mass is 372 g/mol. The van der Waals surface area contributed by atoms with Gasteiger partial charge in [-0.15, -0.1) is 0 Å². The third kappa shape index (κ3) is 4.11. The van der Waals surface area contributed by atoms with Crippen molar-refractivity contribution >= 4 is 23.2 Å². The molecule has 0 saturated heterocycles. The van der Waals surface area contributed by atoms with Crippen LogP contribution < -0.4 is 10.2 Å². The van der Waals surface area contributed by atoms with E-state index in [0.717, 1.165) is 23.4 Å². The van der Waals surface area contributed by atoms with Crippen molar-refractivity contribution in [3.05, 3.63) is 59.4 Å². The lowest BCUT2D eigenvalue weighted by Gasteiger charge is -2.07. The van der Waals surface area contributed by atoms with Gasteiger partial charge < -0.3 is 9.30 Å². The van der Waals surface area contributed by atoms with Crippen molar-refractivity contribution in [1.82, 2.24) is 15.0 Å². The summed E-state index contributed by atoms with van der Waals surface area (Å²) in [6.45, 7) is 1.79. The molecule has 0 atom stereocenters. The number of imidazole rings is 1. The predicted molar refractivity (Wildman–Crippen MR) is 98.3 cm³/mol. The lowest BCUT2D eigenvalue weighted by Crippen LogP contribution is -2.17. The number of alkyl halides is 2.